The van der Waals surface area contributed by atoms with E-state index < -0.39 is 5.41 Å². The highest BCUT2D eigenvalue weighted by Crippen LogP contribution is 2.60. The van der Waals surface area contributed by atoms with E-state index in [-0.39, 0.29) is 23.4 Å². The molecule has 1 aromatic heterocycles. The summed E-state index contributed by atoms with van der Waals surface area (Å²) in [7, 11) is 2.92. The zero-order valence-electron chi connectivity index (χ0n) is 12.7. The van der Waals surface area contributed by atoms with Crippen molar-refractivity contribution < 1.29 is 9.53 Å². The molecule has 1 heterocycles. The van der Waals surface area contributed by atoms with E-state index in [1.54, 1.807) is 7.05 Å². The van der Waals surface area contributed by atoms with Gasteiger partial charge >= 0.3 is 5.97 Å². The summed E-state index contributed by atoms with van der Waals surface area (Å²) in [6.07, 6.45) is 0.537. The topological polar surface area (TPSA) is 87.2 Å². The summed E-state index contributed by atoms with van der Waals surface area (Å²) in [4.78, 5) is 28.7. The Kier molecular flexibility index (Phi) is 3.75. The van der Waals surface area contributed by atoms with Crippen molar-refractivity contribution in [2.24, 2.45) is 7.05 Å². The Morgan fingerprint density at radius 1 is 1.48 bits per heavy atom. The maximum Gasteiger partial charge on any atom is 0.316 e. The minimum absolute atomic E-state index is 0.132. The van der Waals surface area contributed by atoms with Crippen molar-refractivity contribution in [3.63, 3.8) is 0 Å². The van der Waals surface area contributed by atoms with Crippen LogP contribution in [0.5, 0.6) is 0 Å². The van der Waals surface area contributed by atoms with Crippen LogP contribution in [0, 0.1) is 0 Å². The maximum absolute atomic E-state index is 12.4. The second kappa shape index (κ2) is 5.49. The van der Waals surface area contributed by atoms with Crippen molar-refractivity contribution in [2.75, 3.05) is 12.8 Å². The lowest BCUT2D eigenvalue weighted by molar-refractivity contribution is -0.143. The minimum atomic E-state index is -0.815. The summed E-state index contributed by atoms with van der Waals surface area (Å²) < 4.78 is 7.16. The minimum Gasteiger partial charge on any atom is -0.468 e. The summed E-state index contributed by atoms with van der Waals surface area (Å²) in [6, 6.07) is 8.96. The molecular formula is C16H16BrN3O3. The smallest absolute Gasteiger partial charge is 0.316 e. The molecule has 1 aliphatic carbocycles. The quantitative estimate of drug-likeness (QED) is 0.822. The molecule has 0 unspecified atom stereocenters. The third-order valence-electron chi connectivity index (χ3n) is 4.40. The van der Waals surface area contributed by atoms with Crippen LogP contribution < -0.4 is 11.3 Å². The fraction of sp³-hybridized carbons (Fsp3) is 0.312. The third kappa shape index (κ3) is 2.45. The van der Waals surface area contributed by atoms with Crippen molar-refractivity contribution in [3.05, 3.63) is 56.4 Å². The summed E-state index contributed by atoms with van der Waals surface area (Å²) in [5.41, 5.74) is 6.08. The highest BCUT2D eigenvalue weighted by Gasteiger charge is 2.63. The first-order valence-electron chi connectivity index (χ1n) is 7.08. The lowest BCUT2D eigenvalue weighted by Crippen LogP contribution is -2.26. The molecule has 2 atom stereocenters. The number of esters is 1. The van der Waals surface area contributed by atoms with Gasteiger partial charge in [-0.05, 0) is 24.1 Å². The molecule has 7 heteroatoms. The van der Waals surface area contributed by atoms with Crippen LogP contribution >= 0.6 is 15.9 Å². The van der Waals surface area contributed by atoms with Gasteiger partial charge in [0.2, 0.25) is 5.95 Å². The summed E-state index contributed by atoms with van der Waals surface area (Å²) in [5, 5.41) is 0. The van der Waals surface area contributed by atoms with Gasteiger partial charge in [0, 0.05) is 23.5 Å². The fourth-order valence-electron chi connectivity index (χ4n) is 2.98. The number of aromatic nitrogens is 2. The Bertz CT molecular complexity index is 849. The van der Waals surface area contributed by atoms with E-state index in [0.717, 1.165) is 10.0 Å². The third-order valence-corrected chi connectivity index (χ3v) is 4.89. The number of halogens is 1. The molecule has 6 nitrogen and oxygen atoms in total. The Balaban J connectivity index is 2.09. The van der Waals surface area contributed by atoms with Crippen LogP contribution in [-0.4, -0.2) is 22.6 Å². The lowest BCUT2D eigenvalue weighted by atomic mass is 9.92. The van der Waals surface area contributed by atoms with Crippen molar-refractivity contribution in [3.8, 4) is 0 Å². The first kappa shape index (κ1) is 15.7. The van der Waals surface area contributed by atoms with Crippen LogP contribution in [0.2, 0.25) is 0 Å². The van der Waals surface area contributed by atoms with Gasteiger partial charge in [0.1, 0.15) is 5.41 Å². The number of benzene rings is 1. The van der Waals surface area contributed by atoms with Crippen LogP contribution in [0.3, 0.4) is 0 Å². The number of anilines is 1. The van der Waals surface area contributed by atoms with E-state index >= 15 is 0 Å². The van der Waals surface area contributed by atoms with Gasteiger partial charge in [-0.25, -0.2) is 4.98 Å². The number of carbonyl (C=O) groups is 1. The van der Waals surface area contributed by atoms with Crippen LogP contribution in [-0.2, 0) is 22.0 Å². The second-order valence-electron chi connectivity index (χ2n) is 5.67. The van der Waals surface area contributed by atoms with Gasteiger partial charge in [0.15, 0.2) is 0 Å². The normalized spacial score (nSPS) is 22.7. The predicted molar refractivity (Wildman–Crippen MR) is 89.1 cm³/mol. The summed E-state index contributed by atoms with van der Waals surface area (Å²) >= 11 is 3.42. The van der Waals surface area contributed by atoms with Gasteiger partial charge in [-0.3, -0.25) is 14.2 Å². The zero-order chi connectivity index (χ0) is 16.8. The number of methoxy groups -OCH3 is 1. The number of hydrogen-bond donors (Lipinski definition) is 1. The van der Waals surface area contributed by atoms with Gasteiger partial charge in [0.25, 0.3) is 5.56 Å². The fourth-order valence-corrected chi connectivity index (χ4v) is 3.38. The molecule has 1 saturated carbocycles. The molecule has 0 radical (unpaired) electrons. The van der Waals surface area contributed by atoms with Gasteiger partial charge in [-0.15, -0.1) is 0 Å². The molecule has 0 aliphatic heterocycles. The standard InChI is InChI=1S/C16H16BrN3O3/c1-20-13(21)7-12(19-15(20)18)11-8-16(11,14(22)23-2)9-4-3-5-10(17)6-9/h3-7,11H,8H2,1-2H3,(H2,18,19)/t11-,16+/m0/s1. The average molecular weight is 378 g/mol. The van der Waals surface area contributed by atoms with E-state index in [0.29, 0.717) is 12.1 Å². The van der Waals surface area contributed by atoms with Gasteiger partial charge < -0.3 is 10.5 Å². The molecule has 1 aromatic carbocycles. The van der Waals surface area contributed by atoms with E-state index in [1.807, 2.05) is 24.3 Å². The Hall–Kier alpha value is -2.15. The number of nitrogens with zero attached hydrogens (tertiary/aromatic N) is 2. The van der Waals surface area contributed by atoms with Gasteiger partial charge in [-0.1, -0.05) is 28.1 Å². The molecule has 0 amide bonds. The van der Waals surface area contributed by atoms with Gasteiger partial charge in [0.05, 0.1) is 12.8 Å². The molecule has 1 fully saturated rings. The van der Waals surface area contributed by atoms with Crippen molar-refractivity contribution in [1.29, 1.82) is 0 Å². The second-order valence-corrected chi connectivity index (χ2v) is 6.58. The lowest BCUT2D eigenvalue weighted by Gasteiger charge is -2.16. The maximum atomic E-state index is 12.4. The highest BCUT2D eigenvalue weighted by molar-refractivity contribution is 9.10. The van der Waals surface area contributed by atoms with Crippen LogP contribution in [0.15, 0.2) is 39.6 Å². The van der Waals surface area contributed by atoms with E-state index in [4.69, 9.17) is 10.5 Å². The molecule has 2 aromatic rings. The van der Waals surface area contributed by atoms with E-state index in [9.17, 15) is 9.59 Å². The van der Waals surface area contributed by atoms with Crippen LogP contribution in [0.1, 0.15) is 23.6 Å². The SMILES string of the molecule is COC(=O)[C@@]1(c2cccc(Br)c2)C[C@H]1c1cc(=O)n(C)c(N)n1. The van der Waals surface area contributed by atoms with E-state index in [2.05, 4.69) is 20.9 Å². The first-order valence-corrected chi connectivity index (χ1v) is 7.87. The summed E-state index contributed by atoms with van der Waals surface area (Å²) in [5.74, 6) is -0.422. The molecule has 0 spiro atoms. The molecule has 1 aliphatic rings. The molecular weight excluding hydrogens is 362 g/mol. The molecule has 3 rings (SSSR count). The molecule has 23 heavy (non-hydrogen) atoms. The number of ether oxygens (including phenoxy) is 1. The number of nitrogen functional groups attached to an aromatic ring is 1. The molecule has 0 bridgehead atoms. The van der Waals surface area contributed by atoms with Crippen molar-refractivity contribution in [2.45, 2.75) is 17.8 Å². The molecule has 120 valence electrons. The average Bonchev–Trinajstić information content (AvgIpc) is 3.28. The first-order chi connectivity index (χ1) is 10.9. The Morgan fingerprint density at radius 3 is 2.83 bits per heavy atom. The van der Waals surface area contributed by atoms with Crippen molar-refractivity contribution >= 4 is 27.8 Å². The predicted octanol–water partition coefficient (Wildman–Crippen LogP) is 1.72. The number of nitrogens with two attached hydrogens (primary N) is 1. The van der Waals surface area contributed by atoms with Gasteiger partial charge in [-0.2, -0.15) is 0 Å². The number of hydrogen-bond acceptors (Lipinski definition) is 5. The van der Waals surface area contributed by atoms with Crippen LogP contribution in [0.4, 0.5) is 5.95 Å². The number of carbonyl (C=O) groups excluding carboxylic acids is 1. The number of rotatable bonds is 3. The molecule has 2 N–H and O–H groups in total. The largest absolute Gasteiger partial charge is 0.468 e. The monoisotopic (exact) mass is 377 g/mol. The van der Waals surface area contributed by atoms with E-state index in [1.165, 1.54) is 17.7 Å². The summed E-state index contributed by atoms with van der Waals surface area (Å²) in [6.45, 7) is 0. The highest BCUT2D eigenvalue weighted by atomic mass is 79.9. The van der Waals surface area contributed by atoms with Crippen LogP contribution in [0.25, 0.3) is 0 Å². The zero-order valence-corrected chi connectivity index (χ0v) is 14.3. The Labute approximate surface area is 141 Å². The molecule has 0 saturated heterocycles. The van der Waals surface area contributed by atoms with Crippen molar-refractivity contribution in [1.82, 2.24) is 9.55 Å². The Morgan fingerprint density at radius 2 is 2.22 bits per heavy atom.